The van der Waals surface area contributed by atoms with Gasteiger partial charge in [0.2, 0.25) is 0 Å². The normalized spacial score (nSPS) is 25.6. The van der Waals surface area contributed by atoms with Gasteiger partial charge in [-0.3, -0.25) is 9.69 Å². The number of likely N-dealkylation sites (N-methyl/N-ethyl adjacent to an activating group) is 1. The van der Waals surface area contributed by atoms with Gasteiger partial charge in [-0.1, -0.05) is 12.1 Å². The third-order valence-corrected chi connectivity index (χ3v) is 4.97. The number of benzene rings is 1. The van der Waals surface area contributed by atoms with E-state index in [9.17, 15) is 9.59 Å². The third-order valence-electron chi connectivity index (χ3n) is 4.97. The minimum absolute atomic E-state index is 0.128. The van der Waals surface area contributed by atoms with E-state index >= 15 is 0 Å². The molecular weight excluding hydrogens is 294 g/mol. The summed E-state index contributed by atoms with van der Waals surface area (Å²) in [7, 11) is 3.17. The fraction of sp³-hybridized carbons (Fsp3) is 0.529. The van der Waals surface area contributed by atoms with Crippen molar-refractivity contribution in [2.45, 2.75) is 24.8 Å². The summed E-state index contributed by atoms with van der Waals surface area (Å²) in [6, 6.07) is 7.39. The van der Waals surface area contributed by atoms with Crippen molar-refractivity contribution in [1.82, 2.24) is 15.5 Å². The van der Waals surface area contributed by atoms with E-state index in [0.717, 1.165) is 37.2 Å². The molecule has 3 amide bonds. The van der Waals surface area contributed by atoms with Gasteiger partial charge in [0.15, 0.2) is 0 Å². The van der Waals surface area contributed by atoms with E-state index in [1.165, 1.54) is 4.90 Å². The second-order valence-corrected chi connectivity index (χ2v) is 6.32. The Labute approximate surface area is 136 Å². The number of carbonyl (C=O) groups is 2. The Bertz CT molecular complexity index is 613. The van der Waals surface area contributed by atoms with Crippen LogP contribution < -0.4 is 15.4 Å². The molecule has 0 bridgehead atoms. The number of ether oxygens (including phenoxy) is 1. The zero-order valence-corrected chi connectivity index (χ0v) is 13.6. The van der Waals surface area contributed by atoms with Gasteiger partial charge in [0, 0.05) is 13.5 Å². The smallest absolute Gasteiger partial charge is 0.324 e. The van der Waals surface area contributed by atoms with Crippen molar-refractivity contribution >= 4 is 11.9 Å². The maximum atomic E-state index is 12.9. The zero-order chi connectivity index (χ0) is 16.4. The highest BCUT2D eigenvalue weighted by molar-refractivity contribution is 6.07. The predicted octanol–water partition coefficient (Wildman–Crippen LogP) is 1.16. The Kier molecular flexibility index (Phi) is 4.26. The summed E-state index contributed by atoms with van der Waals surface area (Å²) in [6.07, 6.45) is 2.25. The van der Waals surface area contributed by atoms with Crippen molar-refractivity contribution in [3.05, 3.63) is 29.8 Å². The van der Waals surface area contributed by atoms with E-state index in [4.69, 9.17) is 4.74 Å². The van der Waals surface area contributed by atoms with Crippen LogP contribution in [0.4, 0.5) is 4.79 Å². The summed E-state index contributed by atoms with van der Waals surface area (Å²) in [4.78, 5) is 26.2. The maximum Gasteiger partial charge on any atom is 0.324 e. The molecule has 3 rings (SSSR count). The highest BCUT2D eigenvalue weighted by atomic mass is 16.5. The molecule has 1 aromatic rings. The number of hydrogen-bond acceptors (Lipinski definition) is 4. The molecule has 2 aliphatic rings. The maximum absolute atomic E-state index is 12.9. The molecule has 124 valence electrons. The van der Waals surface area contributed by atoms with Crippen molar-refractivity contribution in [3.8, 4) is 5.75 Å². The zero-order valence-electron chi connectivity index (χ0n) is 13.6. The molecule has 1 atom stereocenters. The lowest BCUT2D eigenvalue weighted by molar-refractivity contribution is -0.132. The number of carbonyl (C=O) groups excluding carboxylic acids is 2. The number of imide groups is 1. The van der Waals surface area contributed by atoms with Gasteiger partial charge in [-0.15, -0.1) is 0 Å². The lowest BCUT2D eigenvalue weighted by Gasteiger charge is -2.37. The first-order valence-electron chi connectivity index (χ1n) is 8.01. The molecule has 0 aliphatic carbocycles. The topological polar surface area (TPSA) is 70.7 Å². The van der Waals surface area contributed by atoms with Crippen LogP contribution in [0.3, 0.4) is 0 Å². The first-order valence-corrected chi connectivity index (χ1v) is 8.01. The molecule has 0 aromatic heterocycles. The van der Waals surface area contributed by atoms with E-state index in [-0.39, 0.29) is 17.9 Å². The van der Waals surface area contributed by atoms with Gasteiger partial charge in [0.1, 0.15) is 11.3 Å². The monoisotopic (exact) mass is 317 g/mol. The summed E-state index contributed by atoms with van der Waals surface area (Å²) in [5.41, 5.74) is 0.146. The van der Waals surface area contributed by atoms with Crippen LogP contribution >= 0.6 is 0 Å². The van der Waals surface area contributed by atoms with E-state index in [0.29, 0.717) is 6.42 Å². The highest BCUT2D eigenvalue weighted by Gasteiger charge is 2.54. The Morgan fingerprint density at radius 2 is 2.04 bits per heavy atom. The largest absolute Gasteiger partial charge is 0.497 e. The van der Waals surface area contributed by atoms with Gasteiger partial charge in [-0.2, -0.15) is 0 Å². The molecular formula is C17H23N3O3. The minimum atomic E-state index is -0.847. The van der Waals surface area contributed by atoms with E-state index in [1.54, 1.807) is 14.2 Å². The third kappa shape index (κ3) is 2.79. The average molecular weight is 317 g/mol. The quantitative estimate of drug-likeness (QED) is 0.818. The van der Waals surface area contributed by atoms with E-state index in [1.807, 2.05) is 24.3 Å². The Morgan fingerprint density at radius 1 is 1.30 bits per heavy atom. The Hall–Kier alpha value is -2.08. The standard InChI is InChI=1S/C17H23N3O3/c1-20-15(21)17(19-16(20)22,13-6-8-18-9-7-13)11-12-4-3-5-14(10-12)23-2/h3-5,10,13,18H,6-9,11H2,1-2H3,(H,19,22). The number of hydrogen-bond donors (Lipinski definition) is 2. The molecule has 1 aromatic carbocycles. The molecule has 2 saturated heterocycles. The van der Waals surface area contributed by atoms with Gasteiger partial charge >= 0.3 is 6.03 Å². The molecule has 0 saturated carbocycles. The Balaban J connectivity index is 1.95. The van der Waals surface area contributed by atoms with E-state index in [2.05, 4.69) is 10.6 Å². The number of nitrogens with one attached hydrogen (secondary N) is 2. The summed E-state index contributed by atoms with van der Waals surface area (Å²) >= 11 is 0. The molecule has 2 N–H and O–H groups in total. The molecule has 2 fully saturated rings. The fourth-order valence-corrected chi connectivity index (χ4v) is 3.68. The van der Waals surface area contributed by atoms with Crippen LogP contribution in [0.2, 0.25) is 0 Å². The van der Waals surface area contributed by atoms with Crippen LogP contribution in [-0.2, 0) is 11.2 Å². The van der Waals surface area contributed by atoms with Crippen LogP contribution in [0.25, 0.3) is 0 Å². The van der Waals surface area contributed by atoms with Gasteiger partial charge in [-0.05, 0) is 49.5 Å². The summed E-state index contributed by atoms with van der Waals surface area (Å²) < 4.78 is 5.27. The first-order chi connectivity index (χ1) is 11.1. The van der Waals surface area contributed by atoms with Crippen LogP contribution in [0.5, 0.6) is 5.75 Å². The lowest BCUT2D eigenvalue weighted by Crippen LogP contribution is -2.57. The molecule has 23 heavy (non-hydrogen) atoms. The first kappa shape index (κ1) is 15.8. The number of rotatable bonds is 4. The van der Waals surface area contributed by atoms with Gasteiger partial charge in [0.05, 0.1) is 7.11 Å². The van der Waals surface area contributed by atoms with Gasteiger partial charge in [0.25, 0.3) is 5.91 Å². The fourth-order valence-electron chi connectivity index (χ4n) is 3.68. The predicted molar refractivity (Wildman–Crippen MR) is 86.3 cm³/mol. The van der Waals surface area contributed by atoms with Gasteiger partial charge in [-0.25, -0.2) is 4.79 Å². The van der Waals surface area contributed by atoms with Crippen molar-refractivity contribution < 1.29 is 14.3 Å². The number of amides is 3. The minimum Gasteiger partial charge on any atom is -0.497 e. The number of urea groups is 1. The van der Waals surface area contributed by atoms with Crippen LogP contribution in [0.1, 0.15) is 18.4 Å². The summed E-state index contributed by atoms with van der Waals surface area (Å²) in [6.45, 7) is 1.74. The second-order valence-electron chi connectivity index (χ2n) is 6.32. The molecule has 1 unspecified atom stereocenters. The summed E-state index contributed by atoms with van der Waals surface area (Å²) in [5.74, 6) is 0.765. The average Bonchev–Trinajstić information content (AvgIpc) is 2.81. The number of piperidine rings is 1. The molecule has 0 radical (unpaired) electrons. The molecule has 6 heteroatoms. The summed E-state index contributed by atoms with van der Waals surface area (Å²) in [5, 5.41) is 6.31. The van der Waals surface area contributed by atoms with Crippen molar-refractivity contribution in [2.75, 3.05) is 27.2 Å². The second kappa shape index (κ2) is 6.20. The van der Waals surface area contributed by atoms with E-state index < -0.39 is 5.54 Å². The molecule has 2 heterocycles. The molecule has 2 aliphatic heterocycles. The van der Waals surface area contributed by atoms with Crippen LogP contribution in [-0.4, -0.2) is 49.6 Å². The van der Waals surface area contributed by atoms with Crippen molar-refractivity contribution in [3.63, 3.8) is 0 Å². The van der Waals surface area contributed by atoms with Crippen molar-refractivity contribution in [1.29, 1.82) is 0 Å². The Morgan fingerprint density at radius 3 is 2.65 bits per heavy atom. The van der Waals surface area contributed by atoms with Gasteiger partial charge < -0.3 is 15.4 Å². The molecule has 6 nitrogen and oxygen atoms in total. The van der Waals surface area contributed by atoms with Crippen molar-refractivity contribution in [2.24, 2.45) is 5.92 Å². The number of methoxy groups -OCH3 is 1. The van der Waals surface area contributed by atoms with Crippen LogP contribution in [0, 0.1) is 5.92 Å². The number of nitrogens with zero attached hydrogens (tertiary/aromatic N) is 1. The highest BCUT2D eigenvalue weighted by Crippen LogP contribution is 2.35. The van der Waals surface area contributed by atoms with Crippen LogP contribution in [0.15, 0.2) is 24.3 Å². The molecule has 0 spiro atoms. The SMILES string of the molecule is COc1cccc(CC2(C3CCNCC3)NC(=O)N(C)C2=O)c1. The lowest BCUT2D eigenvalue weighted by atomic mass is 9.74.